The maximum Gasteiger partial charge on any atom is 0.240 e. The zero-order valence-electron chi connectivity index (χ0n) is 11.5. The summed E-state index contributed by atoms with van der Waals surface area (Å²) in [4.78, 5) is 16.9. The van der Waals surface area contributed by atoms with Gasteiger partial charge in [-0.2, -0.15) is 4.98 Å². The molecule has 2 aromatic heterocycles. The van der Waals surface area contributed by atoms with Crippen molar-refractivity contribution in [1.29, 1.82) is 0 Å². The molecule has 0 spiro atoms. The summed E-state index contributed by atoms with van der Waals surface area (Å²) < 4.78 is 10.2. The number of methoxy groups -OCH3 is 2. The van der Waals surface area contributed by atoms with E-state index in [0.29, 0.717) is 23.1 Å². The molecule has 2 aromatic rings. The number of nitrogens with zero attached hydrogens (tertiary/aromatic N) is 4. The molecular weight excluding hydrogens is 260 g/mol. The third-order valence-corrected chi connectivity index (χ3v) is 2.68. The average molecular weight is 276 g/mol. The Morgan fingerprint density at radius 3 is 2.45 bits per heavy atom. The van der Waals surface area contributed by atoms with Crippen LogP contribution in [0.5, 0.6) is 11.8 Å². The summed E-state index contributed by atoms with van der Waals surface area (Å²) in [5.41, 5.74) is 4.59. The zero-order valence-corrected chi connectivity index (χ0v) is 11.5. The molecule has 0 saturated heterocycles. The van der Waals surface area contributed by atoms with Crippen molar-refractivity contribution in [2.45, 2.75) is 13.0 Å². The Morgan fingerprint density at radius 1 is 1.10 bits per heavy atom. The number of aromatic nitrogens is 4. The van der Waals surface area contributed by atoms with E-state index in [1.807, 2.05) is 6.92 Å². The molecule has 2 heterocycles. The van der Waals surface area contributed by atoms with E-state index in [1.54, 1.807) is 12.4 Å². The molecule has 106 valence electrons. The van der Waals surface area contributed by atoms with Crippen molar-refractivity contribution in [3.63, 3.8) is 0 Å². The van der Waals surface area contributed by atoms with E-state index in [0.717, 1.165) is 5.69 Å². The fourth-order valence-corrected chi connectivity index (χ4v) is 1.67. The number of hydrazine groups is 1. The van der Waals surface area contributed by atoms with Gasteiger partial charge < -0.3 is 9.47 Å². The van der Waals surface area contributed by atoms with Crippen molar-refractivity contribution in [3.05, 3.63) is 35.7 Å². The lowest BCUT2D eigenvalue weighted by molar-refractivity contribution is 0.352. The first-order valence-electron chi connectivity index (χ1n) is 5.89. The van der Waals surface area contributed by atoms with Crippen LogP contribution in [0.25, 0.3) is 0 Å². The molecule has 8 heteroatoms. The van der Waals surface area contributed by atoms with Crippen molar-refractivity contribution in [2.24, 2.45) is 5.84 Å². The Balaban J connectivity index is 2.43. The Kier molecular flexibility index (Phi) is 4.38. The number of hydrogen-bond donors (Lipinski definition) is 2. The normalized spacial score (nSPS) is 12.0. The van der Waals surface area contributed by atoms with E-state index in [-0.39, 0.29) is 0 Å². The second-order valence-corrected chi connectivity index (χ2v) is 3.99. The van der Waals surface area contributed by atoms with Gasteiger partial charge in [0.2, 0.25) is 11.8 Å². The zero-order chi connectivity index (χ0) is 14.5. The van der Waals surface area contributed by atoms with Crippen molar-refractivity contribution < 1.29 is 9.47 Å². The quantitative estimate of drug-likeness (QED) is 0.586. The predicted octanol–water partition coefficient (Wildman–Crippen LogP) is 0.145. The number of ether oxygens (including phenoxy) is 2. The minimum Gasteiger partial charge on any atom is -0.480 e. The lowest BCUT2D eigenvalue weighted by atomic mass is 10.1. The fraction of sp³-hybridized carbons (Fsp3) is 0.333. The van der Waals surface area contributed by atoms with E-state index in [1.165, 1.54) is 20.4 Å². The van der Waals surface area contributed by atoms with Gasteiger partial charge in [0.15, 0.2) is 0 Å². The molecular formula is C12H16N6O2. The molecule has 0 radical (unpaired) electrons. The molecule has 20 heavy (non-hydrogen) atoms. The summed E-state index contributed by atoms with van der Waals surface area (Å²) in [6.07, 6.45) is 4.78. The Hall–Kier alpha value is -2.32. The van der Waals surface area contributed by atoms with Crippen LogP contribution in [0.2, 0.25) is 0 Å². The second kappa shape index (κ2) is 6.22. The largest absolute Gasteiger partial charge is 0.480 e. The first-order chi connectivity index (χ1) is 9.69. The number of nitrogens with two attached hydrogens (primary N) is 1. The number of aryl methyl sites for hydroxylation is 1. The minimum absolute atomic E-state index is 0.315. The second-order valence-electron chi connectivity index (χ2n) is 3.99. The van der Waals surface area contributed by atoms with Crippen LogP contribution >= 0.6 is 0 Å². The topological polar surface area (TPSA) is 108 Å². The molecule has 1 unspecified atom stereocenters. The molecule has 0 aliphatic carbocycles. The Morgan fingerprint density at radius 2 is 1.90 bits per heavy atom. The van der Waals surface area contributed by atoms with Crippen LogP contribution in [-0.2, 0) is 0 Å². The van der Waals surface area contributed by atoms with Gasteiger partial charge >= 0.3 is 0 Å². The van der Waals surface area contributed by atoms with Gasteiger partial charge in [0.1, 0.15) is 11.7 Å². The van der Waals surface area contributed by atoms with Gasteiger partial charge in [0.05, 0.1) is 38.0 Å². The lowest BCUT2D eigenvalue weighted by Crippen LogP contribution is -2.31. The summed E-state index contributed by atoms with van der Waals surface area (Å²) >= 11 is 0. The molecule has 3 N–H and O–H groups in total. The minimum atomic E-state index is -0.476. The van der Waals surface area contributed by atoms with Crippen molar-refractivity contribution in [2.75, 3.05) is 14.2 Å². The molecule has 0 amide bonds. The molecule has 2 rings (SSSR count). The molecule has 0 aliphatic heterocycles. The van der Waals surface area contributed by atoms with Crippen LogP contribution < -0.4 is 20.7 Å². The highest BCUT2D eigenvalue weighted by molar-refractivity contribution is 5.30. The van der Waals surface area contributed by atoms with E-state index >= 15 is 0 Å². The molecule has 0 aromatic carbocycles. The van der Waals surface area contributed by atoms with Crippen LogP contribution in [0, 0.1) is 6.92 Å². The van der Waals surface area contributed by atoms with E-state index in [2.05, 4.69) is 25.4 Å². The smallest absolute Gasteiger partial charge is 0.240 e. The number of rotatable bonds is 5. The molecule has 0 saturated carbocycles. The average Bonchev–Trinajstić information content (AvgIpc) is 2.50. The Bertz CT molecular complexity index is 575. The molecule has 0 fully saturated rings. The highest BCUT2D eigenvalue weighted by Gasteiger charge is 2.22. The summed E-state index contributed by atoms with van der Waals surface area (Å²) in [7, 11) is 3.01. The summed E-state index contributed by atoms with van der Waals surface area (Å²) in [6.45, 7) is 1.86. The third kappa shape index (κ3) is 2.81. The molecule has 8 nitrogen and oxygen atoms in total. The predicted molar refractivity (Wildman–Crippen MR) is 71.1 cm³/mol. The first-order valence-corrected chi connectivity index (χ1v) is 5.89. The summed E-state index contributed by atoms with van der Waals surface area (Å²) in [6, 6.07) is -0.476. The summed E-state index contributed by atoms with van der Waals surface area (Å²) in [5, 5.41) is 0. The number of nitrogens with one attached hydrogen (secondary N) is 1. The van der Waals surface area contributed by atoms with Gasteiger partial charge in [-0.3, -0.25) is 15.8 Å². The van der Waals surface area contributed by atoms with Gasteiger partial charge in [0.25, 0.3) is 0 Å². The maximum atomic E-state index is 5.60. The highest BCUT2D eigenvalue weighted by Crippen LogP contribution is 2.26. The van der Waals surface area contributed by atoms with E-state index in [9.17, 15) is 0 Å². The van der Waals surface area contributed by atoms with Gasteiger partial charge in [0, 0.05) is 6.20 Å². The first kappa shape index (κ1) is 14.1. The standard InChI is InChI=1S/C12H16N6O2/c1-7-4-15-8(5-14-7)10(18-13)11-12(20-3)17-9(19-2)6-16-11/h4-6,10,18H,13H2,1-3H3. The van der Waals surface area contributed by atoms with Gasteiger partial charge in [-0.05, 0) is 6.92 Å². The molecule has 0 aliphatic rings. The van der Waals surface area contributed by atoms with Crippen molar-refractivity contribution in [1.82, 2.24) is 25.4 Å². The van der Waals surface area contributed by atoms with Crippen molar-refractivity contribution >= 4 is 0 Å². The Labute approximate surface area is 116 Å². The van der Waals surface area contributed by atoms with E-state index in [4.69, 9.17) is 15.3 Å². The van der Waals surface area contributed by atoms with Crippen LogP contribution in [0.15, 0.2) is 18.6 Å². The van der Waals surface area contributed by atoms with Crippen LogP contribution in [-0.4, -0.2) is 34.2 Å². The van der Waals surface area contributed by atoms with Gasteiger partial charge in [-0.1, -0.05) is 0 Å². The third-order valence-electron chi connectivity index (χ3n) is 2.68. The van der Waals surface area contributed by atoms with Crippen molar-refractivity contribution in [3.8, 4) is 11.8 Å². The van der Waals surface area contributed by atoms with Crippen LogP contribution in [0.3, 0.4) is 0 Å². The summed E-state index contributed by atoms with van der Waals surface area (Å²) in [5.74, 6) is 6.27. The number of hydrogen-bond acceptors (Lipinski definition) is 8. The maximum absolute atomic E-state index is 5.60. The molecule has 0 bridgehead atoms. The van der Waals surface area contributed by atoms with Crippen LogP contribution in [0.4, 0.5) is 0 Å². The SMILES string of the molecule is COc1cnc(C(NN)c2cnc(C)cn2)c(OC)n1. The fourth-order valence-electron chi connectivity index (χ4n) is 1.67. The van der Waals surface area contributed by atoms with Gasteiger partial charge in [-0.15, -0.1) is 0 Å². The monoisotopic (exact) mass is 276 g/mol. The van der Waals surface area contributed by atoms with Crippen LogP contribution in [0.1, 0.15) is 23.1 Å². The highest BCUT2D eigenvalue weighted by atomic mass is 16.5. The molecule has 1 atom stereocenters. The van der Waals surface area contributed by atoms with E-state index < -0.39 is 6.04 Å². The van der Waals surface area contributed by atoms with Gasteiger partial charge in [-0.25, -0.2) is 10.4 Å². The lowest BCUT2D eigenvalue weighted by Gasteiger charge is -2.16.